The molecule has 1 aliphatic heterocycles. The lowest BCUT2D eigenvalue weighted by molar-refractivity contribution is -0.137. The lowest BCUT2D eigenvalue weighted by atomic mass is 10.1. The van der Waals surface area contributed by atoms with Crippen LogP contribution in [0.3, 0.4) is 0 Å². The van der Waals surface area contributed by atoms with Gasteiger partial charge in [0.25, 0.3) is 11.8 Å². The van der Waals surface area contributed by atoms with Crippen molar-refractivity contribution in [3.63, 3.8) is 0 Å². The Morgan fingerprint density at radius 1 is 1.15 bits per heavy atom. The van der Waals surface area contributed by atoms with Gasteiger partial charge < -0.3 is 15.4 Å². The Morgan fingerprint density at radius 2 is 1.96 bits per heavy atom. The van der Waals surface area contributed by atoms with Crippen LogP contribution in [-0.4, -0.2) is 29.5 Å². The molecule has 9 heteroatoms. The highest BCUT2D eigenvalue weighted by Gasteiger charge is 2.35. The first-order valence-corrected chi connectivity index (χ1v) is 8.21. The van der Waals surface area contributed by atoms with Crippen LogP contribution in [-0.2, 0) is 15.7 Å². The quantitative estimate of drug-likeness (QED) is 0.853. The first kappa shape index (κ1) is 18.8. The predicted molar refractivity (Wildman–Crippen MR) is 91.2 cm³/mol. The molecule has 27 heavy (non-hydrogen) atoms. The lowest BCUT2D eigenvalue weighted by Gasteiger charge is -2.16. The van der Waals surface area contributed by atoms with Gasteiger partial charge in [0, 0.05) is 18.5 Å². The minimum absolute atomic E-state index is 0.0126. The van der Waals surface area contributed by atoms with Crippen molar-refractivity contribution < 1.29 is 27.5 Å². The minimum Gasteiger partial charge on any atom is -0.368 e. The SMILES string of the molecule is O=C(Nc1ccc(NC(=O)C2CCCO2)cc1C(F)(F)F)c1ccccn1. The zero-order chi connectivity index (χ0) is 19.4. The number of nitrogens with zero attached hydrogens (tertiary/aromatic N) is 1. The summed E-state index contributed by atoms with van der Waals surface area (Å²) in [5.41, 5.74) is -1.54. The third-order valence-electron chi connectivity index (χ3n) is 3.96. The van der Waals surface area contributed by atoms with Gasteiger partial charge in [-0.05, 0) is 43.2 Å². The highest BCUT2D eigenvalue weighted by Crippen LogP contribution is 2.37. The Morgan fingerprint density at radius 3 is 2.59 bits per heavy atom. The van der Waals surface area contributed by atoms with Crippen LogP contribution in [0.5, 0.6) is 0 Å². The van der Waals surface area contributed by atoms with E-state index in [2.05, 4.69) is 15.6 Å². The maximum absolute atomic E-state index is 13.4. The van der Waals surface area contributed by atoms with Crippen molar-refractivity contribution in [3.8, 4) is 0 Å². The van der Waals surface area contributed by atoms with E-state index in [1.165, 1.54) is 18.3 Å². The molecule has 2 amide bonds. The molecule has 0 spiro atoms. The minimum atomic E-state index is -4.72. The highest BCUT2D eigenvalue weighted by atomic mass is 19.4. The van der Waals surface area contributed by atoms with Crippen molar-refractivity contribution in [3.05, 3.63) is 53.9 Å². The molecule has 0 radical (unpaired) electrons. The molecule has 1 unspecified atom stereocenters. The van der Waals surface area contributed by atoms with Crippen molar-refractivity contribution in [1.29, 1.82) is 0 Å². The molecule has 142 valence electrons. The van der Waals surface area contributed by atoms with E-state index in [0.29, 0.717) is 13.0 Å². The summed E-state index contributed by atoms with van der Waals surface area (Å²) >= 11 is 0. The van der Waals surface area contributed by atoms with E-state index in [-0.39, 0.29) is 11.4 Å². The number of amides is 2. The Balaban J connectivity index is 1.82. The van der Waals surface area contributed by atoms with Crippen LogP contribution in [0.2, 0.25) is 0 Å². The molecule has 1 atom stereocenters. The number of hydrogen-bond donors (Lipinski definition) is 2. The smallest absolute Gasteiger partial charge is 0.368 e. The molecule has 6 nitrogen and oxygen atoms in total. The number of ether oxygens (including phenoxy) is 1. The predicted octanol–water partition coefficient (Wildman–Crippen LogP) is 3.47. The number of aromatic nitrogens is 1. The van der Waals surface area contributed by atoms with Crippen LogP contribution in [0.15, 0.2) is 42.6 Å². The van der Waals surface area contributed by atoms with Gasteiger partial charge in [0.05, 0.1) is 11.3 Å². The van der Waals surface area contributed by atoms with Gasteiger partial charge >= 0.3 is 6.18 Å². The number of benzene rings is 1. The molecule has 0 saturated carbocycles. The van der Waals surface area contributed by atoms with Crippen LogP contribution in [0, 0.1) is 0 Å². The molecule has 1 aliphatic rings. The summed E-state index contributed by atoms with van der Waals surface area (Å²) in [7, 11) is 0. The molecule has 0 bridgehead atoms. The number of carbonyl (C=O) groups is 2. The number of nitrogens with one attached hydrogen (secondary N) is 2. The zero-order valence-electron chi connectivity index (χ0n) is 14.0. The summed E-state index contributed by atoms with van der Waals surface area (Å²) < 4.78 is 45.5. The second kappa shape index (κ2) is 7.75. The lowest BCUT2D eigenvalue weighted by Crippen LogP contribution is -2.27. The molecule has 0 aliphatic carbocycles. The highest BCUT2D eigenvalue weighted by molar-refractivity contribution is 6.03. The summed E-state index contributed by atoms with van der Waals surface area (Å²) in [6, 6.07) is 7.68. The fourth-order valence-corrected chi connectivity index (χ4v) is 2.66. The van der Waals surface area contributed by atoms with E-state index in [9.17, 15) is 22.8 Å². The maximum atomic E-state index is 13.4. The average Bonchev–Trinajstić information content (AvgIpc) is 3.17. The number of pyridine rings is 1. The number of anilines is 2. The first-order valence-electron chi connectivity index (χ1n) is 8.21. The standard InChI is InChI=1S/C18H16F3N3O3/c19-18(20,21)12-10-11(23-17(26)15-5-3-9-27-15)6-7-13(12)24-16(25)14-4-1-2-8-22-14/h1-2,4,6-8,10,15H,3,5,9H2,(H,23,26)(H,24,25). The molecule has 1 saturated heterocycles. The molecule has 2 aromatic rings. The third kappa shape index (κ3) is 4.62. The Kier molecular flexibility index (Phi) is 5.41. The van der Waals surface area contributed by atoms with Gasteiger partial charge in [-0.2, -0.15) is 13.2 Å². The van der Waals surface area contributed by atoms with Crippen molar-refractivity contribution in [2.45, 2.75) is 25.1 Å². The topological polar surface area (TPSA) is 80.3 Å². The number of carbonyl (C=O) groups excluding carboxylic acids is 2. The number of alkyl halides is 3. The van der Waals surface area contributed by atoms with E-state index >= 15 is 0 Å². The van der Waals surface area contributed by atoms with Gasteiger partial charge in [-0.15, -0.1) is 0 Å². The Labute approximate surface area is 152 Å². The Bertz CT molecular complexity index is 835. The van der Waals surface area contributed by atoms with Gasteiger partial charge in [-0.3, -0.25) is 14.6 Å². The van der Waals surface area contributed by atoms with Crippen LogP contribution in [0.25, 0.3) is 0 Å². The number of halogens is 3. The van der Waals surface area contributed by atoms with Gasteiger partial charge in [0.15, 0.2) is 0 Å². The monoisotopic (exact) mass is 379 g/mol. The van der Waals surface area contributed by atoms with E-state index in [4.69, 9.17) is 4.74 Å². The second-order valence-electron chi connectivity index (χ2n) is 5.92. The summed E-state index contributed by atoms with van der Waals surface area (Å²) in [5.74, 6) is -1.26. The fourth-order valence-electron chi connectivity index (χ4n) is 2.66. The molecule has 2 heterocycles. The van der Waals surface area contributed by atoms with Crippen molar-refractivity contribution >= 4 is 23.2 Å². The number of rotatable bonds is 4. The fraction of sp³-hybridized carbons (Fsp3) is 0.278. The average molecular weight is 379 g/mol. The summed E-state index contributed by atoms with van der Waals surface area (Å²) in [5, 5.41) is 4.63. The summed E-state index contributed by atoms with van der Waals surface area (Å²) in [6.07, 6.45) is -2.77. The van der Waals surface area contributed by atoms with Crippen LogP contribution in [0.1, 0.15) is 28.9 Å². The van der Waals surface area contributed by atoms with E-state index in [0.717, 1.165) is 18.6 Å². The van der Waals surface area contributed by atoms with Crippen molar-refractivity contribution in [2.24, 2.45) is 0 Å². The van der Waals surface area contributed by atoms with E-state index < -0.39 is 35.3 Å². The van der Waals surface area contributed by atoms with E-state index in [1.807, 2.05) is 0 Å². The van der Waals surface area contributed by atoms with Gasteiger partial charge in [0.1, 0.15) is 11.8 Å². The summed E-state index contributed by atoms with van der Waals surface area (Å²) in [4.78, 5) is 27.9. The molecule has 3 rings (SSSR count). The molecule has 1 aromatic heterocycles. The number of hydrogen-bond acceptors (Lipinski definition) is 4. The molecule has 2 N–H and O–H groups in total. The zero-order valence-corrected chi connectivity index (χ0v) is 14.0. The third-order valence-corrected chi connectivity index (χ3v) is 3.96. The maximum Gasteiger partial charge on any atom is 0.418 e. The van der Waals surface area contributed by atoms with Crippen LogP contribution in [0.4, 0.5) is 24.5 Å². The summed E-state index contributed by atoms with van der Waals surface area (Å²) in [6.45, 7) is 0.449. The van der Waals surface area contributed by atoms with Crippen LogP contribution < -0.4 is 10.6 Å². The second-order valence-corrected chi connectivity index (χ2v) is 5.92. The molecular weight excluding hydrogens is 363 g/mol. The van der Waals surface area contributed by atoms with Crippen LogP contribution >= 0.6 is 0 Å². The Hall–Kier alpha value is -2.94. The van der Waals surface area contributed by atoms with Gasteiger partial charge in [0.2, 0.25) is 0 Å². The molecule has 1 aromatic carbocycles. The molecule has 1 fully saturated rings. The van der Waals surface area contributed by atoms with E-state index in [1.54, 1.807) is 12.1 Å². The largest absolute Gasteiger partial charge is 0.418 e. The van der Waals surface area contributed by atoms with Crippen molar-refractivity contribution in [2.75, 3.05) is 17.2 Å². The van der Waals surface area contributed by atoms with Gasteiger partial charge in [-0.1, -0.05) is 6.07 Å². The molecular formula is C18H16F3N3O3. The van der Waals surface area contributed by atoms with Gasteiger partial charge in [-0.25, -0.2) is 0 Å². The first-order chi connectivity index (χ1) is 12.8. The van der Waals surface area contributed by atoms with Crippen molar-refractivity contribution in [1.82, 2.24) is 4.98 Å². The normalized spacial score (nSPS) is 16.8.